The van der Waals surface area contributed by atoms with Crippen LogP contribution in [0, 0.1) is 0 Å². The molecule has 2 heteroatoms. The van der Waals surface area contributed by atoms with Crippen molar-refractivity contribution in [2.24, 2.45) is 0 Å². The fourth-order valence-corrected chi connectivity index (χ4v) is 2.54. The zero-order valence-electron chi connectivity index (χ0n) is 12.3. The number of rotatable bonds is 3. The molecule has 0 aliphatic carbocycles. The Morgan fingerprint density at radius 3 is 2.29 bits per heavy atom. The highest BCUT2D eigenvalue weighted by Crippen LogP contribution is 2.30. The first-order chi connectivity index (χ1) is 10.3. The SMILES string of the molecule is CC(C)c1ccccc1-c1cc(-c2ccncc2)ccn1. The van der Waals surface area contributed by atoms with Gasteiger partial charge in [-0.3, -0.25) is 9.97 Å². The van der Waals surface area contributed by atoms with Crippen LogP contribution in [0.2, 0.25) is 0 Å². The van der Waals surface area contributed by atoms with Crippen LogP contribution in [0.1, 0.15) is 25.3 Å². The Morgan fingerprint density at radius 2 is 1.52 bits per heavy atom. The van der Waals surface area contributed by atoms with Gasteiger partial charge in [-0.05, 0) is 46.9 Å². The van der Waals surface area contributed by atoms with Gasteiger partial charge in [0.15, 0.2) is 0 Å². The van der Waals surface area contributed by atoms with E-state index >= 15 is 0 Å². The molecule has 3 aromatic rings. The molecule has 2 aromatic heterocycles. The van der Waals surface area contributed by atoms with E-state index in [2.05, 4.69) is 54.1 Å². The van der Waals surface area contributed by atoms with Crippen molar-refractivity contribution in [2.75, 3.05) is 0 Å². The minimum Gasteiger partial charge on any atom is -0.265 e. The second-order valence-electron chi connectivity index (χ2n) is 5.41. The van der Waals surface area contributed by atoms with E-state index in [9.17, 15) is 0 Å². The van der Waals surface area contributed by atoms with Gasteiger partial charge in [-0.1, -0.05) is 38.1 Å². The van der Waals surface area contributed by atoms with E-state index in [1.165, 1.54) is 16.7 Å². The third-order valence-corrected chi connectivity index (χ3v) is 3.63. The van der Waals surface area contributed by atoms with Gasteiger partial charge in [-0.2, -0.15) is 0 Å². The van der Waals surface area contributed by atoms with Gasteiger partial charge < -0.3 is 0 Å². The molecule has 2 heterocycles. The van der Waals surface area contributed by atoms with Crippen LogP contribution in [0.5, 0.6) is 0 Å². The Balaban J connectivity index is 2.09. The van der Waals surface area contributed by atoms with Gasteiger partial charge in [-0.15, -0.1) is 0 Å². The number of aromatic nitrogens is 2. The molecule has 0 aliphatic heterocycles. The van der Waals surface area contributed by atoms with E-state index in [4.69, 9.17) is 0 Å². The smallest absolute Gasteiger partial charge is 0.0710 e. The maximum Gasteiger partial charge on any atom is 0.0710 e. The Kier molecular flexibility index (Phi) is 3.78. The van der Waals surface area contributed by atoms with Crippen LogP contribution in [-0.2, 0) is 0 Å². The van der Waals surface area contributed by atoms with E-state index in [1.807, 2.05) is 36.8 Å². The molecule has 0 radical (unpaired) electrons. The molecule has 0 spiro atoms. The van der Waals surface area contributed by atoms with Gasteiger partial charge >= 0.3 is 0 Å². The first-order valence-electron chi connectivity index (χ1n) is 7.21. The molecule has 0 bridgehead atoms. The maximum atomic E-state index is 4.56. The second-order valence-corrected chi connectivity index (χ2v) is 5.41. The van der Waals surface area contributed by atoms with Gasteiger partial charge in [0, 0.05) is 24.2 Å². The predicted octanol–water partition coefficient (Wildman–Crippen LogP) is 4.93. The summed E-state index contributed by atoms with van der Waals surface area (Å²) >= 11 is 0. The number of pyridine rings is 2. The lowest BCUT2D eigenvalue weighted by atomic mass is 9.94. The molecule has 0 saturated carbocycles. The number of benzene rings is 1. The van der Waals surface area contributed by atoms with Crippen LogP contribution in [0.4, 0.5) is 0 Å². The van der Waals surface area contributed by atoms with Crippen molar-refractivity contribution in [1.82, 2.24) is 9.97 Å². The lowest BCUT2D eigenvalue weighted by Crippen LogP contribution is -1.94. The van der Waals surface area contributed by atoms with E-state index in [0.717, 1.165) is 11.3 Å². The first kappa shape index (κ1) is 13.5. The van der Waals surface area contributed by atoms with Crippen molar-refractivity contribution >= 4 is 0 Å². The molecule has 0 amide bonds. The van der Waals surface area contributed by atoms with Crippen LogP contribution < -0.4 is 0 Å². The van der Waals surface area contributed by atoms with Gasteiger partial charge in [-0.25, -0.2) is 0 Å². The average Bonchev–Trinajstić information content (AvgIpc) is 2.56. The summed E-state index contributed by atoms with van der Waals surface area (Å²) in [5.41, 5.74) is 5.89. The van der Waals surface area contributed by atoms with E-state index in [-0.39, 0.29) is 0 Å². The van der Waals surface area contributed by atoms with E-state index < -0.39 is 0 Å². The molecule has 0 aliphatic rings. The second kappa shape index (κ2) is 5.88. The Labute approximate surface area is 125 Å². The molecular formula is C19H18N2. The standard InChI is InChI=1S/C19H18N2/c1-14(2)17-5-3-4-6-18(17)19-13-16(9-12-21-19)15-7-10-20-11-8-15/h3-14H,1-2H3. The van der Waals surface area contributed by atoms with E-state index in [1.54, 1.807) is 0 Å². The summed E-state index contributed by atoms with van der Waals surface area (Å²) in [6, 6.07) is 16.7. The van der Waals surface area contributed by atoms with Crippen molar-refractivity contribution in [3.8, 4) is 22.4 Å². The molecule has 0 fully saturated rings. The summed E-state index contributed by atoms with van der Waals surface area (Å²) in [7, 11) is 0. The van der Waals surface area contributed by atoms with Crippen LogP contribution >= 0.6 is 0 Å². The molecule has 0 N–H and O–H groups in total. The summed E-state index contributed by atoms with van der Waals surface area (Å²) in [6.45, 7) is 4.43. The van der Waals surface area contributed by atoms with Crippen LogP contribution in [0.25, 0.3) is 22.4 Å². The molecule has 21 heavy (non-hydrogen) atoms. The van der Waals surface area contributed by atoms with Crippen molar-refractivity contribution in [1.29, 1.82) is 0 Å². The van der Waals surface area contributed by atoms with Crippen LogP contribution in [0.3, 0.4) is 0 Å². The molecular weight excluding hydrogens is 256 g/mol. The zero-order chi connectivity index (χ0) is 14.7. The summed E-state index contributed by atoms with van der Waals surface area (Å²) in [5.74, 6) is 0.479. The predicted molar refractivity (Wildman–Crippen MR) is 87.0 cm³/mol. The van der Waals surface area contributed by atoms with Crippen LogP contribution in [0.15, 0.2) is 67.1 Å². The molecule has 0 atom stereocenters. The average molecular weight is 274 g/mol. The Hall–Kier alpha value is -2.48. The highest BCUT2D eigenvalue weighted by atomic mass is 14.7. The highest BCUT2D eigenvalue weighted by Gasteiger charge is 2.09. The van der Waals surface area contributed by atoms with Crippen molar-refractivity contribution < 1.29 is 0 Å². The van der Waals surface area contributed by atoms with Gasteiger partial charge in [0.05, 0.1) is 5.69 Å². The normalized spacial score (nSPS) is 10.8. The minimum absolute atomic E-state index is 0.479. The molecule has 2 nitrogen and oxygen atoms in total. The summed E-state index contributed by atoms with van der Waals surface area (Å²) in [5, 5.41) is 0. The van der Waals surface area contributed by atoms with Crippen molar-refractivity contribution in [3.63, 3.8) is 0 Å². The Bertz CT molecular complexity index is 733. The largest absolute Gasteiger partial charge is 0.265 e. The lowest BCUT2D eigenvalue weighted by molar-refractivity contribution is 0.868. The quantitative estimate of drug-likeness (QED) is 0.676. The molecule has 0 saturated heterocycles. The van der Waals surface area contributed by atoms with Gasteiger partial charge in [0.25, 0.3) is 0 Å². The molecule has 104 valence electrons. The summed E-state index contributed by atoms with van der Waals surface area (Å²) < 4.78 is 0. The third-order valence-electron chi connectivity index (χ3n) is 3.63. The van der Waals surface area contributed by atoms with Gasteiger partial charge in [0.2, 0.25) is 0 Å². The van der Waals surface area contributed by atoms with Crippen molar-refractivity contribution in [2.45, 2.75) is 19.8 Å². The van der Waals surface area contributed by atoms with Crippen LogP contribution in [-0.4, -0.2) is 9.97 Å². The fraction of sp³-hybridized carbons (Fsp3) is 0.158. The molecule has 1 aromatic carbocycles. The third kappa shape index (κ3) is 2.84. The zero-order valence-corrected chi connectivity index (χ0v) is 12.3. The number of hydrogen-bond acceptors (Lipinski definition) is 2. The first-order valence-corrected chi connectivity index (χ1v) is 7.21. The lowest BCUT2D eigenvalue weighted by Gasteiger charge is -2.13. The highest BCUT2D eigenvalue weighted by molar-refractivity contribution is 5.72. The Morgan fingerprint density at radius 1 is 0.810 bits per heavy atom. The number of hydrogen-bond donors (Lipinski definition) is 0. The minimum atomic E-state index is 0.479. The topological polar surface area (TPSA) is 25.8 Å². The summed E-state index contributed by atoms with van der Waals surface area (Å²) in [6.07, 6.45) is 5.51. The number of nitrogens with zero attached hydrogens (tertiary/aromatic N) is 2. The molecule has 3 rings (SSSR count). The fourth-order valence-electron chi connectivity index (χ4n) is 2.54. The van der Waals surface area contributed by atoms with Crippen molar-refractivity contribution in [3.05, 3.63) is 72.7 Å². The van der Waals surface area contributed by atoms with Gasteiger partial charge in [0.1, 0.15) is 0 Å². The monoisotopic (exact) mass is 274 g/mol. The van der Waals surface area contributed by atoms with E-state index in [0.29, 0.717) is 5.92 Å². The maximum absolute atomic E-state index is 4.56. The summed E-state index contributed by atoms with van der Waals surface area (Å²) in [4.78, 5) is 8.64. The molecule has 0 unspecified atom stereocenters.